The van der Waals surface area contributed by atoms with E-state index in [0.717, 1.165) is 38.5 Å². The van der Waals surface area contributed by atoms with Gasteiger partial charge < -0.3 is 15.3 Å². The molecule has 33 heavy (non-hydrogen) atoms. The lowest BCUT2D eigenvalue weighted by atomic mass is 9.33. The molecule has 188 valence electrons. The van der Waals surface area contributed by atoms with E-state index in [4.69, 9.17) is 0 Å². The topological polar surface area (TPSA) is 60.7 Å². The van der Waals surface area contributed by atoms with E-state index in [1.54, 1.807) is 5.57 Å². The smallest absolute Gasteiger partial charge is 0.0618 e. The number of aliphatic hydroxyl groups excluding tert-OH is 3. The summed E-state index contributed by atoms with van der Waals surface area (Å²) in [6.07, 6.45) is 11.9. The molecule has 3 N–H and O–H groups in total. The van der Waals surface area contributed by atoms with Gasteiger partial charge in [0.15, 0.2) is 0 Å². The maximum absolute atomic E-state index is 10.9. The summed E-state index contributed by atoms with van der Waals surface area (Å²) in [7, 11) is 0. The monoisotopic (exact) mass is 458 g/mol. The first-order valence-electron chi connectivity index (χ1n) is 13.9. The standard InChI is InChI=1S/C30H50O3/c1-25(2)16-20-19-8-9-22-27(4)12-11-23(32)28(5,18-31)21(27)10-13-30(22,7)29(19,6)15-14-26(20,3)17-24(25)33/h8,20-24,31-33H,9-18H2,1-7H3/t20-,21?,22-,23+,24-,26+,27+,28+,29-,30-/m1/s1. The molecular weight excluding hydrogens is 408 g/mol. The zero-order chi connectivity index (χ0) is 24.2. The first kappa shape index (κ1) is 24.3. The van der Waals surface area contributed by atoms with Gasteiger partial charge in [-0.3, -0.25) is 0 Å². The van der Waals surface area contributed by atoms with Crippen LogP contribution >= 0.6 is 0 Å². The molecule has 5 rings (SSSR count). The van der Waals surface area contributed by atoms with Gasteiger partial charge in [-0.25, -0.2) is 0 Å². The van der Waals surface area contributed by atoms with Crippen LogP contribution < -0.4 is 0 Å². The highest BCUT2D eigenvalue weighted by Crippen LogP contribution is 2.75. The molecule has 0 aromatic heterocycles. The summed E-state index contributed by atoms with van der Waals surface area (Å²) in [4.78, 5) is 0. The molecule has 1 unspecified atom stereocenters. The van der Waals surface area contributed by atoms with Crippen LogP contribution in [0.3, 0.4) is 0 Å². The number of rotatable bonds is 1. The second-order valence-corrected chi connectivity index (χ2v) is 15.1. The molecule has 4 saturated carbocycles. The molecule has 3 nitrogen and oxygen atoms in total. The maximum atomic E-state index is 10.9. The van der Waals surface area contributed by atoms with E-state index in [9.17, 15) is 15.3 Å². The minimum atomic E-state index is -0.388. The van der Waals surface area contributed by atoms with Crippen LogP contribution in [-0.2, 0) is 0 Å². The molecule has 0 aliphatic heterocycles. The fourth-order valence-corrected chi connectivity index (χ4v) is 10.6. The van der Waals surface area contributed by atoms with E-state index in [2.05, 4.69) is 54.5 Å². The molecule has 0 aromatic carbocycles. The van der Waals surface area contributed by atoms with Crippen LogP contribution in [0.1, 0.15) is 106 Å². The van der Waals surface area contributed by atoms with Crippen LogP contribution in [0.5, 0.6) is 0 Å². The van der Waals surface area contributed by atoms with E-state index in [1.807, 2.05) is 0 Å². The van der Waals surface area contributed by atoms with Crippen LogP contribution in [0.2, 0.25) is 0 Å². The highest BCUT2D eigenvalue weighted by Gasteiger charge is 2.68. The molecule has 0 saturated heterocycles. The van der Waals surface area contributed by atoms with E-state index in [-0.39, 0.29) is 51.3 Å². The van der Waals surface area contributed by atoms with Crippen molar-refractivity contribution in [1.82, 2.24) is 0 Å². The second kappa shape index (κ2) is 7.10. The van der Waals surface area contributed by atoms with Crippen LogP contribution in [0.4, 0.5) is 0 Å². The zero-order valence-electron chi connectivity index (χ0n) is 22.4. The molecule has 0 heterocycles. The SMILES string of the molecule is CC1(C)C[C@@H]2C3=CC[C@@H]4[C@@]5(C)CC[C@H](O)[C@@](C)(CO)C5CC[C@@]4(C)[C@]3(C)CC[C@@]2(C)C[C@H]1O. The van der Waals surface area contributed by atoms with Crippen molar-refractivity contribution >= 4 is 0 Å². The Labute approximate surface area is 202 Å². The van der Waals surface area contributed by atoms with Gasteiger partial charge >= 0.3 is 0 Å². The summed E-state index contributed by atoms with van der Waals surface area (Å²) in [6.45, 7) is 16.9. The lowest BCUT2D eigenvalue weighted by molar-refractivity contribution is -0.216. The van der Waals surface area contributed by atoms with E-state index < -0.39 is 0 Å². The van der Waals surface area contributed by atoms with Gasteiger partial charge in [0.05, 0.1) is 18.8 Å². The Morgan fingerprint density at radius 3 is 2.18 bits per heavy atom. The van der Waals surface area contributed by atoms with E-state index in [1.165, 1.54) is 19.3 Å². The average Bonchev–Trinajstić information content (AvgIpc) is 2.73. The fraction of sp³-hybridized carbons (Fsp3) is 0.933. The molecule has 0 amide bonds. The molecule has 4 fully saturated rings. The number of hydrogen-bond donors (Lipinski definition) is 3. The number of hydrogen-bond acceptors (Lipinski definition) is 3. The largest absolute Gasteiger partial charge is 0.396 e. The lowest BCUT2D eigenvalue weighted by Crippen LogP contribution is -2.65. The molecular formula is C30H50O3. The van der Waals surface area contributed by atoms with Gasteiger partial charge in [-0.2, -0.15) is 0 Å². The van der Waals surface area contributed by atoms with Gasteiger partial charge in [0.1, 0.15) is 0 Å². The van der Waals surface area contributed by atoms with Gasteiger partial charge in [0.2, 0.25) is 0 Å². The lowest BCUT2D eigenvalue weighted by Gasteiger charge is -2.71. The first-order chi connectivity index (χ1) is 15.2. The van der Waals surface area contributed by atoms with Crippen molar-refractivity contribution in [2.45, 2.75) is 118 Å². The predicted octanol–water partition coefficient (Wildman–Crippen LogP) is 6.11. The summed E-state index contributed by atoms with van der Waals surface area (Å²) in [5.41, 5.74) is 2.16. The van der Waals surface area contributed by atoms with Crippen molar-refractivity contribution in [2.24, 2.45) is 50.2 Å². The summed E-state index contributed by atoms with van der Waals surface area (Å²) in [5.74, 6) is 1.56. The molecule has 3 heteroatoms. The second-order valence-electron chi connectivity index (χ2n) is 15.1. The molecule has 0 aromatic rings. The molecule has 0 radical (unpaired) electrons. The van der Waals surface area contributed by atoms with Crippen molar-refractivity contribution < 1.29 is 15.3 Å². The summed E-state index contributed by atoms with van der Waals surface area (Å²) >= 11 is 0. The van der Waals surface area contributed by atoms with Gasteiger partial charge in [0, 0.05) is 5.41 Å². The Hall–Kier alpha value is -0.380. The maximum Gasteiger partial charge on any atom is 0.0618 e. The Bertz CT molecular complexity index is 847. The van der Waals surface area contributed by atoms with Crippen molar-refractivity contribution in [3.63, 3.8) is 0 Å². The van der Waals surface area contributed by atoms with Gasteiger partial charge in [-0.15, -0.1) is 0 Å². The summed E-state index contributed by atoms with van der Waals surface area (Å²) in [5, 5.41) is 32.3. The third kappa shape index (κ3) is 2.91. The molecule has 0 spiro atoms. The predicted molar refractivity (Wildman–Crippen MR) is 134 cm³/mol. The van der Waals surface area contributed by atoms with Crippen molar-refractivity contribution in [2.75, 3.05) is 6.61 Å². The molecule has 5 aliphatic rings. The quantitative estimate of drug-likeness (QED) is 0.415. The van der Waals surface area contributed by atoms with E-state index >= 15 is 0 Å². The van der Waals surface area contributed by atoms with Crippen molar-refractivity contribution in [3.05, 3.63) is 11.6 Å². The number of fused-ring (bicyclic) bond motifs is 7. The zero-order valence-corrected chi connectivity index (χ0v) is 22.4. The molecule has 10 atom stereocenters. The highest BCUT2D eigenvalue weighted by atomic mass is 16.3. The summed E-state index contributed by atoms with van der Waals surface area (Å²) in [6, 6.07) is 0. The Morgan fingerprint density at radius 1 is 0.818 bits per heavy atom. The number of aliphatic hydroxyl groups is 3. The van der Waals surface area contributed by atoms with Crippen LogP contribution in [0, 0.1) is 50.2 Å². The van der Waals surface area contributed by atoms with Gasteiger partial charge in [0.25, 0.3) is 0 Å². The molecule has 0 bridgehead atoms. The molecule has 5 aliphatic carbocycles. The fourth-order valence-electron chi connectivity index (χ4n) is 10.6. The minimum Gasteiger partial charge on any atom is -0.396 e. The minimum absolute atomic E-state index is 0.0207. The van der Waals surface area contributed by atoms with Crippen LogP contribution in [0.25, 0.3) is 0 Å². The summed E-state index contributed by atoms with van der Waals surface area (Å²) < 4.78 is 0. The van der Waals surface area contributed by atoms with Gasteiger partial charge in [-0.1, -0.05) is 60.1 Å². The van der Waals surface area contributed by atoms with Crippen molar-refractivity contribution in [3.8, 4) is 0 Å². The average molecular weight is 459 g/mol. The van der Waals surface area contributed by atoms with Gasteiger partial charge in [-0.05, 0) is 103 Å². The van der Waals surface area contributed by atoms with Crippen molar-refractivity contribution in [1.29, 1.82) is 0 Å². The third-order valence-corrected chi connectivity index (χ3v) is 13.3. The first-order valence-corrected chi connectivity index (χ1v) is 13.9. The third-order valence-electron chi connectivity index (χ3n) is 13.3. The normalized spacial score (nSPS) is 57.8. The van der Waals surface area contributed by atoms with Crippen LogP contribution in [-0.4, -0.2) is 34.1 Å². The highest BCUT2D eigenvalue weighted by molar-refractivity contribution is 5.33. The Balaban J connectivity index is 1.57. The Morgan fingerprint density at radius 2 is 1.52 bits per heavy atom. The van der Waals surface area contributed by atoms with Crippen LogP contribution in [0.15, 0.2) is 11.6 Å². The number of allylic oxidation sites excluding steroid dienone is 2. The Kier molecular flexibility index (Phi) is 5.23. The van der Waals surface area contributed by atoms with E-state index in [0.29, 0.717) is 17.8 Å².